The Hall–Kier alpha value is -2.96. The van der Waals surface area contributed by atoms with Crippen molar-refractivity contribution in [3.8, 4) is 5.75 Å². The summed E-state index contributed by atoms with van der Waals surface area (Å²) in [6.07, 6.45) is 15.0. The van der Waals surface area contributed by atoms with E-state index in [1.54, 1.807) is 32.2 Å². The van der Waals surface area contributed by atoms with E-state index in [-0.39, 0.29) is 28.7 Å². The predicted molar refractivity (Wildman–Crippen MR) is 216 cm³/mol. The van der Waals surface area contributed by atoms with Gasteiger partial charge in [0.1, 0.15) is 11.4 Å². The number of nitrogens with zero attached hydrogens (tertiary/aromatic N) is 1. The number of fused-ring (bicyclic) bond motifs is 4. The molecule has 55 heavy (non-hydrogen) atoms. The molecule has 4 aliphatic heterocycles. The molecule has 2 N–H and O–H groups in total. The quantitative estimate of drug-likeness (QED) is 0.255. The summed E-state index contributed by atoms with van der Waals surface area (Å²) < 4.78 is 46.7. The summed E-state index contributed by atoms with van der Waals surface area (Å²) in [7, 11) is -2.41. The van der Waals surface area contributed by atoms with Crippen LogP contribution in [0.4, 0.5) is 5.69 Å². The van der Waals surface area contributed by atoms with Gasteiger partial charge in [0.15, 0.2) is 6.29 Å². The topological polar surface area (TPSA) is 123 Å². The Morgan fingerprint density at radius 3 is 2.51 bits per heavy atom. The van der Waals surface area contributed by atoms with Crippen molar-refractivity contribution in [2.24, 2.45) is 23.2 Å². The van der Waals surface area contributed by atoms with E-state index in [4.69, 9.17) is 25.8 Å². The average Bonchev–Trinajstić information content (AvgIpc) is 3.32. The van der Waals surface area contributed by atoms with Crippen molar-refractivity contribution in [2.75, 3.05) is 58.0 Å². The van der Waals surface area contributed by atoms with Gasteiger partial charge in [-0.2, -0.15) is 0 Å². The maximum absolute atomic E-state index is 13.4. The molecule has 2 aliphatic carbocycles. The minimum Gasteiger partial charge on any atom is -0.490 e. The number of amides is 1. The minimum absolute atomic E-state index is 0.0434. The highest BCUT2D eigenvalue weighted by Crippen LogP contribution is 2.49. The number of aryl methyl sites for hydroxylation is 1. The lowest BCUT2D eigenvalue weighted by molar-refractivity contribution is -0.135. The Bertz CT molecular complexity index is 1840. The number of rotatable bonds is 2. The number of ether oxygens (including phenoxy) is 3. The number of sulfonamides is 1. The molecule has 2 aromatic rings. The third kappa shape index (κ3) is 8.24. The smallest absolute Gasteiger partial charge is 0.264 e. The molecule has 1 amide bonds. The molecule has 12 heteroatoms. The number of carbonyl (C=O) groups is 2. The van der Waals surface area contributed by atoms with Gasteiger partial charge in [-0.25, -0.2) is 13.1 Å². The second kappa shape index (κ2) is 16.5. The Labute approximate surface area is 332 Å². The summed E-state index contributed by atoms with van der Waals surface area (Å²) in [6, 6.07) is 11.3. The number of hydrogen-bond acceptors (Lipinski definition) is 9. The number of methoxy groups -OCH3 is 1. The van der Waals surface area contributed by atoms with E-state index < -0.39 is 26.8 Å². The molecule has 0 radical (unpaired) electrons. The number of nitrogens with one attached hydrogen (secondary N) is 2. The zero-order valence-corrected chi connectivity index (χ0v) is 34.2. The lowest BCUT2D eigenvalue weighted by Gasteiger charge is -2.48. The third-order valence-corrected chi connectivity index (χ3v) is 16.1. The van der Waals surface area contributed by atoms with Crippen molar-refractivity contribution in [3.63, 3.8) is 0 Å². The lowest BCUT2D eigenvalue weighted by atomic mass is 9.64. The molecular weight excluding hydrogens is 738 g/mol. The maximum atomic E-state index is 13.4. The Balaban J connectivity index is 0.000000360. The van der Waals surface area contributed by atoms with Crippen LogP contribution >= 0.6 is 11.6 Å². The average molecular weight is 796 g/mol. The van der Waals surface area contributed by atoms with Crippen LogP contribution in [-0.4, -0.2) is 84.6 Å². The monoisotopic (exact) mass is 795 g/mol. The second-order valence-electron chi connectivity index (χ2n) is 17.1. The molecular formula is C43H58ClN3O7S. The van der Waals surface area contributed by atoms with Crippen molar-refractivity contribution < 1.29 is 32.2 Å². The summed E-state index contributed by atoms with van der Waals surface area (Å²) in [4.78, 5) is 28.4. The van der Waals surface area contributed by atoms with Crippen LogP contribution in [0, 0.1) is 23.2 Å². The molecule has 2 bridgehead atoms. The zero-order valence-electron chi connectivity index (χ0n) is 32.6. The molecule has 2 saturated heterocycles. The summed E-state index contributed by atoms with van der Waals surface area (Å²) in [6.45, 7) is 9.62. The zero-order chi connectivity index (χ0) is 38.8. The van der Waals surface area contributed by atoms with Gasteiger partial charge in [-0.3, -0.25) is 9.59 Å². The van der Waals surface area contributed by atoms with Crippen LogP contribution in [0.2, 0.25) is 5.02 Å². The maximum Gasteiger partial charge on any atom is 0.264 e. The first-order valence-corrected chi connectivity index (χ1v) is 22.2. The Kier molecular flexibility index (Phi) is 12.1. The number of piperidine rings is 1. The van der Waals surface area contributed by atoms with Gasteiger partial charge in [0.05, 0.1) is 17.5 Å². The molecule has 1 saturated carbocycles. The van der Waals surface area contributed by atoms with Gasteiger partial charge >= 0.3 is 0 Å². The van der Waals surface area contributed by atoms with Crippen LogP contribution in [0.15, 0.2) is 48.6 Å². The van der Waals surface area contributed by atoms with Crippen LogP contribution in [0.3, 0.4) is 0 Å². The molecule has 0 aromatic heterocycles. The summed E-state index contributed by atoms with van der Waals surface area (Å²) in [5.74, 6) is -0.203. The molecule has 0 unspecified atom stereocenters. The highest BCUT2D eigenvalue weighted by atomic mass is 35.5. The molecule has 10 nitrogen and oxygen atoms in total. The van der Waals surface area contributed by atoms with Crippen molar-refractivity contribution in [3.05, 3.63) is 70.3 Å². The molecule has 6 atom stereocenters. The summed E-state index contributed by atoms with van der Waals surface area (Å²) in [5, 5.41) is 3.29. The van der Waals surface area contributed by atoms with Gasteiger partial charge in [0.2, 0.25) is 10.0 Å². The fourth-order valence-electron chi connectivity index (χ4n) is 9.94. The number of carbonyl (C=O) groups excluding carboxylic acids is 2. The molecule has 8 rings (SSSR count). The van der Waals surface area contributed by atoms with Gasteiger partial charge in [-0.05, 0) is 149 Å². The van der Waals surface area contributed by atoms with Crippen molar-refractivity contribution >= 4 is 39.5 Å². The molecule has 2 spiro atoms. The molecule has 4 heterocycles. The van der Waals surface area contributed by atoms with E-state index in [0.717, 1.165) is 57.3 Å². The number of anilines is 1. The highest BCUT2D eigenvalue weighted by molar-refractivity contribution is 7.90. The van der Waals surface area contributed by atoms with E-state index in [1.807, 2.05) is 25.1 Å². The SMILES string of the molecule is C1CC2(CCN1)CCOCC2.CO[C@@]1(C=O)/C=C/C[C@H](C)[C@@H](C)S(=O)(=O)NC(=O)c2ccc3c(c2)N(C[C@@H]2CC[C@H]21)C[C@@]1(CCCc2cc(Cl)ccc21)CO3. The standard InChI is InChI=1S/C34H41ClN2O6S.C9H17NO/c1-22-6-4-15-34(20-38,42-3)29-11-8-26(29)18-37-19-33(14-5-7-24-16-27(35)10-12-28(24)33)21-43-31-13-9-25(17-30(31)37)32(39)36-44(40,41)23(22)2;1-5-10-6-2-9(1)3-7-11-8-4-9/h4,9-10,12-13,15-17,20,22-23,26,29H,5-8,11,14,18-19,21H2,1-3H3,(H,36,39);10H,1-8H2/b15-4+;/t22-,23+,26-,29+,33-,34+;/m0./s1. The van der Waals surface area contributed by atoms with Crippen LogP contribution in [-0.2, 0) is 36.1 Å². The van der Waals surface area contributed by atoms with Gasteiger partial charge in [-0.1, -0.05) is 30.7 Å². The Morgan fingerprint density at radius 1 is 1.02 bits per heavy atom. The molecule has 300 valence electrons. The summed E-state index contributed by atoms with van der Waals surface area (Å²) >= 11 is 6.40. The van der Waals surface area contributed by atoms with Crippen LogP contribution in [0.25, 0.3) is 0 Å². The van der Waals surface area contributed by atoms with Crippen molar-refractivity contribution in [2.45, 2.75) is 94.3 Å². The van der Waals surface area contributed by atoms with Crippen LogP contribution < -0.4 is 19.7 Å². The fraction of sp³-hybridized carbons (Fsp3) is 0.628. The van der Waals surface area contributed by atoms with Crippen LogP contribution in [0.5, 0.6) is 5.75 Å². The van der Waals surface area contributed by atoms with Crippen molar-refractivity contribution in [1.82, 2.24) is 10.0 Å². The molecule has 6 aliphatic rings. The van der Waals surface area contributed by atoms with Crippen molar-refractivity contribution in [1.29, 1.82) is 0 Å². The number of hydrogen-bond donors (Lipinski definition) is 2. The minimum atomic E-state index is -3.97. The number of aldehydes is 1. The van der Waals surface area contributed by atoms with E-state index >= 15 is 0 Å². The predicted octanol–water partition coefficient (Wildman–Crippen LogP) is 6.63. The first-order valence-electron chi connectivity index (χ1n) is 20.3. The first kappa shape index (κ1) is 40.2. The van der Waals surface area contributed by atoms with E-state index in [2.05, 4.69) is 27.1 Å². The van der Waals surface area contributed by atoms with E-state index in [9.17, 15) is 18.0 Å². The van der Waals surface area contributed by atoms with Crippen LogP contribution in [0.1, 0.15) is 93.1 Å². The fourth-order valence-corrected chi connectivity index (χ4v) is 11.4. The number of allylic oxidation sites excluding steroid dienone is 1. The Morgan fingerprint density at radius 2 is 1.80 bits per heavy atom. The second-order valence-corrected chi connectivity index (χ2v) is 19.5. The normalized spacial score (nSPS) is 33.2. The van der Waals surface area contributed by atoms with Gasteiger partial charge < -0.3 is 24.4 Å². The van der Waals surface area contributed by atoms with E-state index in [1.165, 1.54) is 49.9 Å². The van der Waals surface area contributed by atoms with E-state index in [0.29, 0.717) is 42.3 Å². The third-order valence-electron chi connectivity index (χ3n) is 13.9. The molecule has 2 aromatic carbocycles. The van der Waals surface area contributed by atoms with Gasteiger partial charge in [0, 0.05) is 55.3 Å². The number of benzene rings is 2. The highest BCUT2D eigenvalue weighted by Gasteiger charge is 2.49. The number of halogens is 1. The summed E-state index contributed by atoms with van der Waals surface area (Å²) in [5.41, 5.74) is 2.72. The van der Waals surface area contributed by atoms with Gasteiger partial charge in [-0.15, -0.1) is 0 Å². The first-order chi connectivity index (χ1) is 26.4. The van der Waals surface area contributed by atoms with Gasteiger partial charge in [0.25, 0.3) is 5.91 Å². The lowest BCUT2D eigenvalue weighted by Crippen LogP contribution is -2.53. The molecule has 3 fully saturated rings. The largest absolute Gasteiger partial charge is 0.490 e.